The van der Waals surface area contributed by atoms with E-state index in [-0.39, 0.29) is 17.2 Å². The highest BCUT2D eigenvalue weighted by atomic mass is 16.6. The van der Waals surface area contributed by atoms with Gasteiger partial charge in [-0.05, 0) is 18.1 Å². The number of hydrogen-bond donors (Lipinski definition) is 1. The SMILES string of the molecule is CC[C@H](CNC(=O)c1ccccc1[N+](=O)[O-])c1ccccc1. The van der Waals surface area contributed by atoms with Crippen molar-refractivity contribution < 1.29 is 9.72 Å². The third kappa shape index (κ3) is 3.69. The maximum Gasteiger partial charge on any atom is 0.282 e. The van der Waals surface area contributed by atoms with Gasteiger partial charge < -0.3 is 5.32 Å². The predicted molar refractivity (Wildman–Crippen MR) is 84.9 cm³/mol. The number of benzene rings is 2. The minimum absolute atomic E-state index is 0.0930. The topological polar surface area (TPSA) is 72.2 Å². The maximum atomic E-state index is 12.2. The summed E-state index contributed by atoms with van der Waals surface area (Å²) in [5, 5.41) is 13.8. The third-order valence-corrected chi connectivity index (χ3v) is 3.62. The van der Waals surface area contributed by atoms with Gasteiger partial charge in [0.2, 0.25) is 0 Å². The van der Waals surface area contributed by atoms with Gasteiger partial charge in [-0.3, -0.25) is 14.9 Å². The number of amides is 1. The average Bonchev–Trinajstić information content (AvgIpc) is 2.56. The minimum Gasteiger partial charge on any atom is -0.351 e. The van der Waals surface area contributed by atoms with Crippen molar-refractivity contribution in [2.45, 2.75) is 19.3 Å². The van der Waals surface area contributed by atoms with Crippen LogP contribution < -0.4 is 5.32 Å². The lowest BCUT2D eigenvalue weighted by Gasteiger charge is -2.16. The molecule has 114 valence electrons. The summed E-state index contributed by atoms with van der Waals surface area (Å²) < 4.78 is 0. The molecule has 0 heterocycles. The smallest absolute Gasteiger partial charge is 0.282 e. The summed E-state index contributed by atoms with van der Waals surface area (Å²) in [5.41, 5.74) is 1.07. The van der Waals surface area contributed by atoms with Crippen molar-refractivity contribution in [3.8, 4) is 0 Å². The lowest BCUT2D eigenvalue weighted by molar-refractivity contribution is -0.385. The van der Waals surface area contributed by atoms with Crippen molar-refractivity contribution >= 4 is 11.6 Å². The third-order valence-electron chi connectivity index (χ3n) is 3.62. The number of hydrogen-bond acceptors (Lipinski definition) is 3. The zero-order valence-corrected chi connectivity index (χ0v) is 12.4. The second-order valence-corrected chi connectivity index (χ2v) is 5.00. The molecule has 0 radical (unpaired) electrons. The van der Waals surface area contributed by atoms with Gasteiger partial charge in [0.15, 0.2) is 0 Å². The highest BCUT2D eigenvalue weighted by Gasteiger charge is 2.20. The molecule has 0 aliphatic rings. The zero-order chi connectivity index (χ0) is 15.9. The normalized spacial score (nSPS) is 11.7. The second-order valence-electron chi connectivity index (χ2n) is 5.00. The highest BCUT2D eigenvalue weighted by Crippen LogP contribution is 2.20. The van der Waals surface area contributed by atoms with Gasteiger partial charge in [0.1, 0.15) is 5.56 Å². The van der Waals surface area contributed by atoms with Crippen LogP contribution in [0.2, 0.25) is 0 Å². The average molecular weight is 298 g/mol. The first-order valence-electron chi connectivity index (χ1n) is 7.20. The van der Waals surface area contributed by atoms with Gasteiger partial charge in [0, 0.05) is 18.5 Å². The zero-order valence-electron chi connectivity index (χ0n) is 12.4. The summed E-state index contributed by atoms with van der Waals surface area (Å²) in [6.07, 6.45) is 0.876. The first-order chi connectivity index (χ1) is 10.6. The Morgan fingerprint density at radius 3 is 2.41 bits per heavy atom. The number of nitrogens with zero attached hydrogens (tertiary/aromatic N) is 1. The van der Waals surface area contributed by atoms with Crippen LogP contribution in [0.3, 0.4) is 0 Å². The van der Waals surface area contributed by atoms with E-state index in [1.807, 2.05) is 30.3 Å². The summed E-state index contributed by atoms with van der Waals surface area (Å²) >= 11 is 0. The van der Waals surface area contributed by atoms with Crippen LogP contribution in [0.5, 0.6) is 0 Å². The molecule has 5 heteroatoms. The molecule has 2 aromatic rings. The Balaban J connectivity index is 2.08. The summed E-state index contributed by atoms with van der Waals surface area (Å²) in [6.45, 7) is 2.50. The second kappa shape index (κ2) is 7.36. The van der Waals surface area contributed by atoms with Gasteiger partial charge in [-0.15, -0.1) is 0 Å². The fourth-order valence-electron chi connectivity index (χ4n) is 2.36. The van der Waals surface area contributed by atoms with Crippen LogP contribution >= 0.6 is 0 Å². The number of nitro benzene ring substituents is 1. The molecule has 5 nitrogen and oxygen atoms in total. The van der Waals surface area contributed by atoms with E-state index >= 15 is 0 Å². The Morgan fingerprint density at radius 2 is 1.77 bits per heavy atom. The van der Waals surface area contributed by atoms with Crippen LogP contribution in [0, 0.1) is 10.1 Å². The fraction of sp³-hybridized carbons (Fsp3) is 0.235. The molecular weight excluding hydrogens is 280 g/mol. The Bertz CT molecular complexity index is 656. The fourth-order valence-corrected chi connectivity index (χ4v) is 2.36. The molecule has 0 unspecified atom stereocenters. The number of nitrogens with one attached hydrogen (secondary N) is 1. The van der Waals surface area contributed by atoms with Crippen molar-refractivity contribution in [1.82, 2.24) is 5.32 Å². The van der Waals surface area contributed by atoms with Crippen LogP contribution in [0.1, 0.15) is 35.2 Å². The van der Waals surface area contributed by atoms with Crippen LogP contribution in [0.4, 0.5) is 5.69 Å². The molecule has 0 fully saturated rings. The number of rotatable bonds is 6. The van der Waals surface area contributed by atoms with Gasteiger partial charge in [-0.2, -0.15) is 0 Å². The maximum absolute atomic E-state index is 12.2. The first-order valence-corrected chi connectivity index (χ1v) is 7.20. The minimum atomic E-state index is -0.538. The van der Waals surface area contributed by atoms with Crippen LogP contribution in [-0.4, -0.2) is 17.4 Å². The Hall–Kier alpha value is -2.69. The van der Waals surface area contributed by atoms with Gasteiger partial charge in [0.25, 0.3) is 11.6 Å². The Labute approximate surface area is 129 Å². The molecule has 1 amide bonds. The van der Waals surface area contributed by atoms with E-state index in [1.54, 1.807) is 12.1 Å². The van der Waals surface area contributed by atoms with E-state index in [9.17, 15) is 14.9 Å². The van der Waals surface area contributed by atoms with E-state index in [2.05, 4.69) is 12.2 Å². The van der Waals surface area contributed by atoms with Crippen molar-refractivity contribution in [2.24, 2.45) is 0 Å². The predicted octanol–water partition coefficient (Wildman–Crippen LogP) is 3.52. The molecule has 1 N–H and O–H groups in total. The summed E-state index contributed by atoms with van der Waals surface area (Å²) in [4.78, 5) is 22.6. The Morgan fingerprint density at radius 1 is 1.14 bits per heavy atom. The van der Waals surface area contributed by atoms with Crippen molar-refractivity contribution in [1.29, 1.82) is 0 Å². The monoisotopic (exact) mass is 298 g/mol. The summed E-state index contributed by atoms with van der Waals surface area (Å²) in [5.74, 6) is -0.227. The van der Waals surface area contributed by atoms with Crippen molar-refractivity contribution in [2.75, 3.05) is 6.54 Å². The standard InChI is InChI=1S/C17H18N2O3/c1-2-13(14-8-4-3-5-9-14)12-18-17(20)15-10-6-7-11-16(15)19(21)22/h3-11,13H,2,12H2,1H3,(H,18,20)/t13-/m1/s1. The molecule has 1 atom stereocenters. The van der Waals surface area contributed by atoms with E-state index in [1.165, 1.54) is 12.1 Å². The Kier molecular flexibility index (Phi) is 5.25. The van der Waals surface area contributed by atoms with Crippen LogP contribution in [0.25, 0.3) is 0 Å². The van der Waals surface area contributed by atoms with Gasteiger partial charge >= 0.3 is 0 Å². The van der Waals surface area contributed by atoms with Crippen molar-refractivity contribution in [3.05, 3.63) is 75.8 Å². The molecule has 0 saturated carbocycles. The van der Waals surface area contributed by atoms with Crippen LogP contribution in [0.15, 0.2) is 54.6 Å². The molecule has 22 heavy (non-hydrogen) atoms. The largest absolute Gasteiger partial charge is 0.351 e. The lowest BCUT2D eigenvalue weighted by atomic mass is 9.96. The van der Waals surface area contributed by atoms with E-state index in [4.69, 9.17) is 0 Å². The number of carbonyl (C=O) groups is 1. The van der Waals surface area contributed by atoms with Gasteiger partial charge in [-0.25, -0.2) is 0 Å². The number of carbonyl (C=O) groups excluding carboxylic acids is 1. The van der Waals surface area contributed by atoms with E-state index in [0.29, 0.717) is 6.54 Å². The van der Waals surface area contributed by atoms with E-state index in [0.717, 1.165) is 12.0 Å². The van der Waals surface area contributed by atoms with E-state index < -0.39 is 10.8 Å². The first kappa shape index (κ1) is 15.7. The molecule has 0 spiro atoms. The molecule has 0 aliphatic heterocycles. The molecular formula is C17H18N2O3. The number of para-hydroxylation sites is 1. The van der Waals surface area contributed by atoms with Gasteiger partial charge in [0.05, 0.1) is 4.92 Å². The van der Waals surface area contributed by atoms with Crippen molar-refractivity contribution in [3.63, 3.8) is 0 Å². The molecule has 0 bridgehead atoms. The van der Waals surface area contributed by atoms with Crippen LogP contribution in [-0.2, 0) is 0 Å². The molecule has 0 aromatic heterocycles. The van der Waals surface area contributed by atoms with Gasteiger partial charge in [-0.1, -0.05) is 49.4 Å². The molecule has 2 rings (SSSR count). The molecule has 0 saturated heterocycles. The highest BCUT2D eigenvalue weighted by molar-refractivity contribution is 5.98. The molecule has 2 aromatic carbocycles. The number of nitro groups is 1. The summed E-state index contributed by atoms with van der Waals surface area (Å²) in [7, 11) is 0. The summed E-state index contributed by atoms with van der Waals surface area (Å²) in [6, 6.07) is 15.9. The molecule has 0 aliphatic carbocycles. The quantitative estimate of drug-likeness (QED) is 0.655. The lowest BCUT2D eigenvalue weighted by Crippen LogP contribution is -2.28.